The summed E-state index contributed by atoms with van der Waals surface area (Å²) in [4.78, 5) is 14.3. The van der Waals surface area contributed by atoms with Crippen LogP contribution in [-0.4, -0.2) is 31.8 Å². The number of benzene rings is 2. The standard InChI is InChI=1S/C19H24N2OS/c1-3-23-15-16-9-11-17(12-10-16)19(22)20-13-14-21(2)18-7-5-4-6-8-18/h4-12H,3,13-15H2,1-2H3,(H,20,22). The van der Waals surface area contributed by atoms with Crippen LogP contribution in [0.1, 0.15) is 22.8 Å². The van der Waals surface area contributed by atoms with E-state index in [0.717, 1.165) is 29.3 Å². The monoisotopic (exact) mass is 328 g/mol. The second-order valence-corrected chi connectivity index (χ2v) is 6.62. The van der Waals surface area contributed by atoms with Crippen molar-refractivity contribution < 1.29 is 4.79 Å². The molecule has 2 aromatic carbocycles. The molecule has 23 heavy (non-hydrogen) atoms. The molecule has 0 saturated carbocycles. The third-order valence-corrected chi connectivity index (χ3v) is 4.56. The van der Waals surface area contributed by atoms with Crippen molar-refractivity contribution in [3.05, 3.63) is 65.7 Å². The molecule has 1 amide bonds. The normalized spacial score (nSPS) is 10.3. The first-order chi connectivity index (χ1) is 11.2. The van der Waals surface area contributed by atoms with Crippen molar-refractivity contribution in [2.24, 2.45) is 0 Å². The van der Waals surface area contributed by atoms with Crippen molar-refractivity contribution in [3.63, 3.8) is 0 Å². The fourth-order valence-corrected chi connectivity index (χ4v) is 2.86. The van der Waals surface area contributed by atoms with E-state index in [1.807, 2.05) is 61.3 Å². The average Bonchev–Trinajstić information content (AvgIpc) is 2.61. The van der Waals surface area contributed by atoms with Crippen LogP contribution in [0.4, 0.5) is 5.69 Å². The minimum Gasteiger partial charge on any atom is -0.373 e. The number of para-hydroxylation sites is 1. The maximum absolute atomic E-state index is 12.2. The van der Waals surface area contributed by atoms with Crippen LogP contribution in [0.3, 0.4) is 0 Å². The molecule has 1 N–H and O–H groups in total. The van der Waals surface area contributed by atoms with Crippen LogP contribution in [-0.2, 0) is 5.75 Å². The van der Waals surface area contributed by atoms with Crippen LogP contribution in [0, 0.1) is 0 Å². The van der Waals surface area contributed by atoms with E-state index in [4.69, 9.17) is 0 Å². The lowest BCUT2D eigenvalue weighted by Crippen LogP contribution is -2.32. The van der Waals surface area contributed by atoms with Gasteiger partial charge in [0.2, 0.25) is 0 Å². The van der Waals surface area contributed by atoms with Gasteiger partial charge in [-0.3, -0.25) is 4.79 Å². The van der Waals surface area contributed by atoms with E-state index < -0.39 is 0 Å². The first-order valence-corrected chi connectivity index (χ1v) is 9.07. The highest BCUT2D eigenvalue weighted by molar-refractivity contribution is 7.98. The minimum absolute atomic E-state index is 0.0128. The van der Waals surface area contributed by atoms with Gasteiger partial charge >= 0.3 is 0 Å². The van der Waals surface area contributed by atoms with Gasteiger partial charge in [-0.1, -0.05) is 37.3 Å². The zero-order valence-electron chi connectivity index (χ0n) is 13.8. The number of rotatable bonds is 8. The number of nitrogens with one attached hydrogen (secondary N) is 1. The van der Waals surface area contributed by atoms with Gasteiger partial charge in [0.1, 0.15) is 0 Å². The van der Waals surface area contributed by atoms with Gasteiger partial charge < -0.3 is 10.2 Å². The third-order valence-electron chi connectivity index (χ3n) is 3.62. The van der Waals surface area contributed by atoms with E-state index in [0.29, 0.717) is 6.54 Å². The number of amides is 1. The highest BCUT2D eigenvalue weighted by atomic mass is 32.2. The number of likely N-dealkylation sites (N-methyl/N-ethyl adjacent to an activating group) is 1. The Kier molecular flexibility index (Phi) is 7.01. The van der Waals surface area contributed by atoms with Crippen molar-refractivity contribution in [3.8, 4) is 0 Å². The molecule has 3 nitrogen and oxygen atoms in total. The van der Waals surface area contributed by atoms with Crippen LogP contribution in [0.5, 0.6) is 0 Å². The van der Waals surface area contributed by atoms with Gasteiger partial charge in [-0.2, -0.15) is 11.8 Å². The van der Waals surface area contributed by atoms with Gasteiger partial charge in [-0.05, 0) is 35.6 Å². The molecule has 0 heterocycles. The first kappa shape index (κ1) is 17.4. The molecule has 2 aromatic rings. The second-order valence-electron chi connectivity index (χ2n) is 5.35. The van der Waals surface area contributed by atoms with Crippen molar-refractivity contribution >= 4 is 23.4 Å². The summed E-state index contributed by atoms with van der Waals surface area (Å²) in [5.41, 5.74) is 3.13. The van der Waals surface area contributed by atoms with Gasteiger partial charge in [-0.15, -0.1) is 0 Å². The Morgan fingerprint density at radius 1 is 1.09 bits per heavy atom. The van der Waals surface area contributed by atoms with Crippen LogP contribution in [0.2, 0.25) is 0 Å². The van der Waals surface area contributed by atoms with E-state index in [1.54, 1.807) is 0 Å². The molecule has 2 rings (SSSR count). The molecule has 4 heteroatoms. The van der Waals surface area contributed by atoms with Crippen LogP contribution >= 0.6 is 11.8 Å². The molecule has 122 valence electrons. The van der Waals surface area contributed by atoms with Gasteiger partial charge in [-0.25, -0.2) is 0 Å². The predicted molar refractivity (Wildman–Crippen MR) is 100 cm³/mol. The molecule has 0 aliphatic rings. The molecular weight excluding hydrogens is 304 g/mol. The molecule has 0 radical (unpaired) electrons. The molecule has 0 aliphatic heterocycles. The predicted octanol–water partition coefficient (Wildman–Crippen LogP) is 3.81. The molecule has 0 aliphatic carbocycles. The number of thioether (sulfide) groups is 1. The summed E-state index contributed by atoms with van der Waals surface area (Å²) in [6.45, 7) is 3.55. The van der Waals surface area contributed by atoms with Crippen molar-refractivity contribution in [2.45, 2.75) is 12.7 Å². The Morgan fingerprint density at radius 3 is 2.43 bits per heavy atom. The van der Waals surface area contributed by atoms with Gasteiger partial charge in [0.05, 0.1) is 0 Å². The molecule has 0 saturated heterocycles. The Morgan fingerprint density at radius 2 is 1.78 bits per heavy atom. The van der Waals surface area contributed by atoms with E-state index in [9.17, 15) is 4.79 Å². The van der Waals surface area contributed by atoms with Crippen LogP contribution < -0.4 is 10.2 Å². The molecule has 0 aromatic heterocycles. The number of carbonyl (C=O) groups excluding carboxylic acids is 1. The Hall–Kier alpha value is -1.94. The Balaban J connectivity index is 1.78. The molecular formula is C19H24N2OS. The Bertz CT molecular complexity index is 599. The number of hydrogen-bond donors (Lipinski definition) is 1. The number of anilines is 1. The summed E-state index contributed by atoms with van der Waals surface area (Å²) in [5, 5.41) is 2.98. The maximum Gasteiger partial charge on any atom is 0.251 e. The summed E-state index contributed by atoms with van der Waals surface area (Å²) >= 11 is 1.88. The highest BCUT2D eigenvalue weighted by Crippen LogP contribution is 2.13. The maximum atomic E-state index is 12.2. The average molecular weight is 328 g/mol. The van der Waals surface area contributed by atoms with Crippen molar-refractivity contribution in [1.29, 1.82) is 0 Å². The van der Waals surface area contributed by atoms with Gasteiger partial charge in [0, 0.05) is 37.1 Å². The van der Waals surface area contributed by atoms with E-state index in [1.165, 1.54) is 5.56 Å². The fourth-order valence-electron chi connectivity index (χ4n) is 2.22. The lowest BCUT2D eigenvalue weighted by atomic mass is 10.1. The zero-order chi connectivity index (χ0) is 16.5. The minimum atomic E-state index is -0.0128. The van der Waals surface area contributed by atoms with Crippen LogP contribution in [0.25, 0.3) is 0 Å². The third kappa shape index (κ3) is 5.64. The highest BCUT2D eigenvalue weighted by Gasteiger charge is 2.06. The van der Waals surface area contributed by atoms with E-state index in [-0.39, 0.29) is 5.91 Å². The molecule has 0 bridgehead atoms. The Labute approximate surface area is 143 Å². The largest absolute Gasteiger partial charge is 0.373 e. The summed E-state index contributed by atoms with van der Waals surface area (Å²) in [5.74, 6) is 2.10. The molecule has 0 spiro atoms. The summed E-state index contributed by atoms with van der Waals surface area (Å²) in [7, 11) is 2.03. The van der Waals surface area contributed by atoms with Crippen LogP contribution in [0.15, 0.2) is 54.6 Å². The van der Waals surface area contributed by atoms with Crippen molar-refractivity contribution in [1.82, 2.24) is 5.32 Å². The van der Waals surface area contributed by atoms with Crippen molar-refractivity contribution in [2.75, 3.05) is 30.8 Å². The number of hydrogen-bond acceptors (Lipinski definition) is 3. The smallest absolute Gasteiger partial charge is 0.251 e. The van der Waals surface area contributed by atoms with Gasteiger partial charge in [0.25, 0.3) is 5.91 Å². The lowest BCUT2D eigenvalue weighted by molar-refractivity contribution is 0.0954. The summed E-state index contributed by atoms with van der Waals surface area (Å²) < 4.78 is 0. The second kappa shape index (κ2) is 9.26. The SMILES string of the molecule is CCSCc1ccc(C(=O)NCCN(C)c2ccccc2)cc1. The lowest BCUT2D eigenvalue weighted by Gasteiger charge is -2.19. The van der Waals surface area contributed by atoms with E-state index in [2.05, 4.69) is 29.3 Å². The summed E-state index contributed by atoms with van der Waals surface area (Å²) in [6, 6.07) is 18.0. The van der Waals surface area contributed by atoms with E-state index >= 15 is 0 Å². The molecule has 0 unspecified atom stereocenters. The number of carbonyl (C=O) groups is 1. The number of nitrogens with zero attached hydrogens (tertiary/aromatic N) is 1. The molecule has 0 fully saturated rings. The zero-order valence-corrected chi connectivity index (χ0v) is 14.6. The fraction of sp³-hybridized carbons (Fsp3) is 0.316. The first-order valence-electron chi connectivity index (χ1n) is 7.91. The topological polar surface area (TPSA) is 32.3 Å². The van der Waals surface area contributed by atoms with Gasteiger partial charge in [0.15, 0.2) is 0 Å². The quantitative estimate of drug-likeness (QED) is 0.800. The molecule has 0 atom stereocenters. The summed E-state index contributed by atoms with van der Waals surface area (Å²) in [6.07, 6.45) is 0.